The summed E-state index contributed by atoms with van der Waals surface area (Å²) in [5.74, 6) is -1.31. The summed E-state index contributed by atoms with van der Waals surface area (Å²) in [7, 11) is 3.67. The zero-order valence-corrected chi connectivity index (χ0v) is 20.6. The van der Waals surface area contributed by atoms with E-state index in [4.69, 9.17) is 18.9 Å². The van der Waals surface area contributed by atoms with Gasteiger partial charge in [-0.2, -0.15) is 0 Å². The lowest BCUT2D eigenvalue weighted by atomic mass is 10.2. The topological polar surface area (TPSA) is 60.2 Å². The van der Waals surface area contributed by atoms with Gasteiger partial charge < -0.3 is 36.5 Å². The molecule has 0 saturated heterocycles. The van der Waals surface area contributed by atoms with Crippen LogP contribution in [0.25, 0.3) is 0 Å². The zero-order chi connectivity index (χ0) is 24.2. The number of hydrogen-bond donors (Lipinski definition) is 1. The minimum absolute atomic E-state index is 0. The second-order valence-electron chi connectivity index (χ2n) is 7.99. The standard InChI is InChI=1S/C27H30FNO5.ClH/c1-29(2)20-33-25(18-31-16-21-10-5-3-6-11-21)26(19-32-17-22-12-7-4-8-13-22)34-24-15-9-14-23(28)27(24)30;/h3-15,20,25-26H,16-19H2,1-2H3;1H/t25-,26+;/m0./s1. The Morgan fingerprint density at radius 2 is 1.34 bits per heavy atom. The molecule has 8 heteroatoms. The molecule has 0 amide bonds. The molecule has 0 aliphatic rings. The molecule has 0 bridgehead atoms. The summed E-state index contributed by atoms with van der Waals surface area (Å²) in [6, 6.07) is 23.7. The highest BCUT2D eigenvalue weighted by Gasteiger charge is 2.28. The molecule has 0 fully saturated rings. The number of nitrogens with zero attached hydrogens (tertiary/aromatic N) is 1. The highest BCUT2D eigenvalue weighted by Crippen LogP contribution is 2.30. The maximum atomic E-state index is 13.9. The molecule has 3 rings (SSSR count). The Balaban J connectivity index is 0.00000432. The number of benzene rings is 3. The molecule has 188 valence electrons. The Labute approximate surface area is 212 Å². The van der Waals surface area contributed by atoms with Gasteiger partial charge in [0.25, 0.3) is 0 Å². The summed E-state index contributed by atoms with van der Waals surface area (Å²) in [5, 5.41) is 10.1. The first-order valence-corrected chi connectivity index (χ1v) is 11.1. The van der Waals surface area contributed by atoms with Crippen molar-refractivity contribution in [1.82, 2.24) is 0 Å². The fourth-order valence-electron chi connectivity index (χ4n) is 3.14. The van der Waals surface area contributed by atoms with E-state index in [-0.39, 0.29) is 31.4 Å². The van der Waals surface area contributed by atoms with Crippen molar-refractivity contribution in [3.63, 3.8) is 0 Å². The van der Waals surface area contributed by atoms with Crippen LogP contribution in [0.5, 0.6) is 11.5 Å². The Hall–Kier alpha value is -3.13. The van der Waals surface area contributed by atoms with Gasteiger partial charge >= 0.3 is 6.40 Å². The van der Waals surface area contributed by atoms with Gasteiger partial charge in [-0.05, 0) is 23.3 Å². The van der Waals surface area contributed by atoms with Crippen molar-refractivity contribution in [2.75, 3.05) is 27.3 Å². The molecular formula is C27H31ClFNO5. The summed E-state index contributed by atoms with van der Waals surface area (Å²) in [5.41, 5.74) is 2.03. The van der Waals surface area contributed by atoms with Gasteiger partial charge in [0, 0.05) is 0 Å². The Bertz CT molecular complexity index is 1030. The smallest absolute Gasteiger partial charge is 0.323 e. The number of ether oxygens (including phenoxy) is 4. The SMILES string of the molecule is C[N+](C)=CO[C@@H](COCc1ccccc1)[C@@H](COCc1ccccc1)Oc1cccc(F)c1O.[Cl-]. The van der Waals surface area contributed by atoms with E-state index in [9.17, 15) is 9.50 Å². The number of aromatic hydroxyl groups is 1. The molecule has 2 atom stereocenters. The Kier molecular flexibility index (Phi) is 12.0. The van der Waals surface area contributed by atoms with Gasteiger partial charge in [-0.15, -0.1) is 0 Å². The predicted octanol–water partition coefficient (Wildman–Crippen LogP) is 1.40. The van der Waals surface area contributed by atoms with Gasteiger partial charge in [0.15, 0.2) is 29.5 Å². The lowest BCUT2D eigenvalue weighted by molar-refractivity contribution is -0.469. The summed E-state index contributed by atoms with van der Waals surface area (Å²) >= 11 is 0. The average molecular weight is 504 g/mol. The normalized spacial score (nSPS) is 12.2. The first-order chi connectivity index (χ1) is 16.5. The summed E-state index contributed by atoms with van der Waals surface area (Å²) in [4.78, 5) is 0. The second-order valence-corrected chi connectivity index (χ2v) is 7.99. The third-order valence-corrected chi connectivity index (χ3v) is 4.88. The number of phenolic OH excluding ortho intramolecular Hbond substituents is 1. The van der Waals surface area contributed by atoms with Crippen molar-refractivity contribution in [2.24, 2.45) is 0 Å². The zero-order valence-electron chi connectivity index (χ0n) is 19.8. The van der Waals surface area contributed by atoms with E-state index in [0.717, 1.165) is 11.1 Å². The van der Waals surface area contributed by atoms with E-state index in [1.54, 1.807) is 11.0 Å². The van der Waals surface area contributed by atoms with E-state index in [1.807, 2.05) is 74.8 Å². The fraction of sp³-hybridized carbons (Fsp3) is 0.296. The van der Waals surface area contributed by atoms with Crippen molar-refractivity contribution in [3.05, 3.63) is 95.8 Å². The van der Waals surface area contributed by atoms with Gasteiger partial charge in [-0.1, -0.05) is 66.7 Å². The van der Waals surface area contributed by atoms with Crippen molar-refractivity contribution < 1.29 is 45.4 Å². The van der Waals surface area contributed by atoms with Gasteiger partial charge in [0.1, 0.15) is 14.1 Å². The van der Waals surface area contributed by atoms with Crippen LogP contribution in [0, 0.1) is 5.82 Å². The summed E-state index contributed by atoms with van der Waals surface area (Å²) in [6.45, 7) is 1.08. The number of hydrogen-bond acceptors (Lipinski definition) is 5. The number of para-hydroxylation sites is 1. The Morgan fingerprint density at radius 3 is 1.89 bits per heavy atom. The molecule has 0 aliphatic heterocycles. The lowest BCUT2D eigenvalue weighted by Gasteiger charge is -2.27. The molecule has 35 heavy (non-hydrogen) atoms. The molecule has 0 heterocycles. The molecule has 0 aromatic heterocycles. The number of phenols is 1. The quantitative estimate of drug-likeness (QED) is 0.217. The fourth-order valence-corrected chi connectivity index (χ4v) is 3.14. The van der Waals surface area contributed by atoms with E-state index < -0.39 is 23.8 Å². The molecule has 0 saturated carbocycles. The molecule has 1 N–H and O–H groups in total. The van der Waals surface area contributed by atoms with E-state index in [2.05, 4.69) is 0 Å². The molecular weight excluding hydrogens is 473 g/mol. The molecule has 6 nitrogen and oxygen atoms in total. The third kappa shape index (κ3) is 9.56. The summed E-state index contributed by atoms with van der Waals surface area (Å²) < 4.78 is 39.4. The monoisotopic (exact) mass is 503 g/mol. The first-order valence-electron chi connectivity index (χ1n) is 11.1. The highest BCUT2D eigenvalue weighted by atomic mass is 35.5. The Morgan fingerprint density at radius 1 is 0.800 bits per heavy atom. The van der Waals surface area contributed by atoms with Crippen LogP contribution < -0.4 is 17.1 Å². The molecule has 3 aromatic carbocycles. The van der Waals surface area contributed by atoms with Gasteiger partial charge in [-0.25, -0.2) is 8.97 Å². The van der Waals surface area contributed by atoms with Crippen LogP contribution >= 0.6 is 0 Å². The summed E-state index contributed by atoms with van der Waals surface area (Å²) in [6.07, 6.45) is 0.267. The van der Waals surface area contributed by atoms with E-state index in [1.165, 1.54) is 18.2 Å². The van der Waals surface area contributed by atoms with Crippen LogP contribution in [0.2, 0.25) is 0 Å². The molecule has 0 unspecified atom stereocenters. The van der Waals surface area contributed by atoms with Gasteiger partial charge in [0.05, 0.1) is 26.4 Å². The first kappa shape index (κ1) is 28.1. The van der Waals surface area contributed by atoms with Crippen LogP contribution in [0.1, 0.15) is 11.1 Å². The molecule has 0 spiro atoms. The third-order valence-electron chi connectivity index (χ3n) is 4.88. The highest BCUT2D eigenvalue weighted by molar-refractivity contribution is 5.41. The van der Waals surface area contributed by atoms with Crippen LogP contribution in [-0.2, 0) is 27.4 Å². The molecule has 3 aromatic rings. The van der Waals surface area contributed by atoms with Crippen molar-refractivity contribution in [2.45, 2.75) is 25.4 Å². The van der Waals surface area contributed by atoms with Crippen molar-refractivity contribution in [3.8, 4) is 11.5 Å². The molecule has 0 radical (unpaired) electrons. The predicted molar refractivity (Wildman–Crippen MR) is 128 cm³/mol. The second kappa shape index (κ2) is 15.0. The van der Waals surface area contributed by atoms with Gasteiger partial charge in [0.2, 0.25) is 0 Å². The minimum Gasteiger partial charge on any atom is -1.00 e. The lowest BCUT2D eigenvalue weighted by Crippen LogP contribution is -3.00. The van der Waals surface area contributed by atoms with Crippen molar-refractivity contribution in [1.29, 1.82) is 0 Å². The van der Waals surface area contributed by atoms with Crippen LogP contribution in [0.15, 0.2) is 78.9 Å². The maximum absolute atomic E-state index is 13.9. The number of halogens is 2. The maximum Gasteiger partial charge on any atom is 0.323 e. The van der Waals surface area contributed by atoms with Crippen LogP contribution in [-0.4, -0.2) is 55.6 Å². The number of rotatable bonds is 13. The largest absolute Gasteiger partial charge is 1.00 e. The average Bonchev–Trinajstić information content (AvgIpc) is 2.84. The molecule has 0 aliphatic carbocycles. The minimum atomic E-state index is -0.765. The van der Waals surface area contributed by atoms with Gasteiger partial charge in [-0.3, -0.25) is 0 Å². The van der Waals surface area contributed by atoms with Crippen molar-refractivity contribution >= 4 is 6.40 Å². The van der Waals surface area contributed by atoms with Crippen LogP contribution in [0.4, 0.5) is 4.39 Å². The van der Waals surface area contributed by atoms with E-state index in [0.29, 0.717) is 13.2 Å². The van der Waals surface area contributed by atoms with Crippen LogP contribution in [0.3, 0.4) is 0 Å². The van der Waals surface area contributed by atoms with E-state index >= 15 is 0 Å².